The Balaban J connectivity index is 0.00000351. The van der Waals surface area contributed by atoms with Crippen LogP contribution in [0.5, 0.6) is 5.75 Å². The summed E-state index contributed by atoms with van der Waals surface area (Å²) >= 11 is 6.66. The van der Waals surface area contributed by atoms with Gasteiger partial charge in [0.1, 0.15) is 11.6 Å². The lowest BCUT2D eigenvalue weighted by atomic mass is 9.61. The van der Waals surface area contributed by atoms with E-state index in [-0.39, 0.29) is 47.9 Å². The number of hydrogen-bond acceptors (Lipinski definition) is 7. The lowest BCUT2D eigenvalue weighted by Crippen LogP contribution is -2.64. The van der Waals surface area contributed by atoms with E-state index in [1.807, 2.05) is 18.2 Å². The molecule has 2 unspecified atom stereocenters. The van der Waals surface area contributed by atoms with Crippen molar-refractivity contribution in [1.29, 1.82) is 0 Å². The van der Waals surface area contributed by atoms with Crippen molar-refractivity contribution in [2.45, 2.75) is 50.4 Å². The fourth-order valence-corrected chi connectivity index (χ4v) is 8.37. The van der Waals surface area contributed by atoms with Crippen LogP contribution in [0.2, 0.25) is 5.02 Å². The van der Waals surface area contributed by atoms with Gasteiger partial charge in [-0.3, -0.25) is 4.79 Å². The molecule has 0 aromatic heterocycles. The van der Waals surface area contributed by atoms with Crippen molar-refractivity contribution in [3.05, 3.63) is 76.1 Å². The minimum Gasteiger partial charge on any atom is -0.478 e. The molecule has 1 aliphatic carbocycles. The summed E-state index contributed by atoms with van der Waals surface area (Å²) in [6.07, 6.45) is 4.31. The first-order chi connectivity index (χ1) is 22.2. The Morgan fingerprint density at radius 1 is 1.02 bits per heavy atom. The summed E-state index contributed by atoms with van der Waals surface area (Å²) in [5.41, 5.74) is 3.65. The van der Waals surface area contributed by atoms with Crippen molar-refractivity contribution in [2.24, 2.45) is 5.41 Å². The number of methoxy groups -OCH3 is 1. The Labute approximate surface area is 276 Å². The number of carbonyl (C=O) groups excluding carboxylic acids is 1. The molecule has 3 aromatic rings. The molecule has 2 bridgehead atoms. The highest BCUT2D eigenvalue weighted by molar-refractivity contribution is 6.34. The zero-order valence-electron chi connectivity index (χ0n) is 26.0. The number of morpholine rings is 1. The molecule has 3 N–H and O–H groups in total. The van der Waals surface area contributed by atoms with Crippen LogP contribution in [0.1, 0.15) is 52.0 Å². The third-order valence-electron chi connectivity index (χ3n) is 10.5. The Kier molecular flexibility index (Phi) is 8.07. The van der Waals surface area contributed by atoms with E-state index in [2.05, 4.69) is 9.80 Å². The van der Waals surface area contributed by atoms with E-state index < -0.39 is 11.8 Å². The van der Waals surface area contributed by atoms with Gasteiger partial charge in [-0.05, 0) is 56.0 Å². The molecule has 3 saturated heterocycles. The number of ether oxygens (including phenoxy) is 3. The number of carboxylic acids is 1. The highest BCUT2D eigenvalue weighted by atomic mass is 35.5. The van der Waals surface area contributed by atoms with Crippen LogP contribution in [0, 0.1) is 11.2 Å². The summed E-state index contributed by atoms with van der Waals surface area (Å²) in [4.78, 5) is 31.8. The van der Waals surface area contributed by atoms with E-state index >= 15 is 4.39 Å². The van der Waals surface area contributed by atoms with Crippen LogP contribution in [-0.2, 0) is 16.0 Å². The Morgan fingerprint density at radius 3 is 2.45 bits per heavy atom. The van der Waals surface area contributed by atoms with E-state index in [1.165, 1.54) is 0 Å². The zero-order chi connectivity index (χ0) is 31.7. The molecule has 1 amide bonds. The van der Waals surface area contributed by atoms with Gasteiger partial charge in [0.15, 0.2) is 6.73 Å². The third-order valence-corrected chi connectivity index (χ3v) is 10.8. The predicted molar refractivity (Wildman–Crippen MR) is 174 cm³/mol. The molecular formula is C35H37ClFN3O7. The summed E-state index contributed by atoms with van der Waals surface area (Å²) in [7, 11) is 1.76. The molecule has 4 fully saturated rings. The molecule has 4 heterocycles. The fraction of sp³-hybridized carbons (Fsp3) is 0.429. The zero-order valence-corrected chi connectivity index (χ0v) is 26.8. The molecule has 12 heteroatoms. The number of anilines is 2. The van der Waals surface area contributed by atoms with Crippen LogP contribution in [-0.4, -0.2) is 85.7 Å². The number of benzene rings is 3. The Bertz CT molecular complexity index is 1720. The summed E-state index contributed by atoms with van der Waals surface area (Å²) in [5.74, 6) is -1.60. The quantitative estimate of drug-likeness (QED) is 0.391. The van der Waals surface area contributed by atoms with Crippen molar-refractivity contribution < 1.29 is 38.8 Å². The highest BCUT2D eigenvalue weighted by Crippen LogP contribution is 2.51. The number of amides is 1. The second kappa shape index (κ2) is 12.0. The first kappa shape index (κ1) is 31.7. The maximum Gasteiger partial charge on any atom is 0.337 e. The van der Waals surface area contributed by atoms with Gasteiger partial charge in [0.05, 0.1) is 59.8 Å². The minimum absolute atomic E-state index is 0. The number of fused-ring (bicyclic) bond motifs is 3. The van der Waals surface area contributed by atoms with Crippen molar-refractivity contribution in [3.8, 4) is 16.9 Å². The molecule has 1 saturated carbocycles. The number of rotatable bonds is 6. The van der Waals surface area contributed by atoms with Crippen LogP contribution in [0.3, 0.4) is 0 Å². The maximum absolute atomic E-state index is 15.7. The maximum atomic E-state index is 15.7. The van der Waals surface area contributed by atoms with Crippen molar-refractivity contribution >= 4 is 34.9 Å². The normalized spacial score (nSPS) is 22.6. The van der Waals surface area contributed by atoms with Crippen LogP contribution in [0.25, 0.3) is 11.1 Å². The number of halogens is 2. The summed E-state index contributed by atoms with van der Waals surface area (Å²) in [5, 5.41) is 10.4. The molecule has 47 heavy (non-hydrogen) atoms. The van der Waals surface area contributed by atoms with E-state index in [9.17, 15) is 14.7 Å². The van der Waals surface area contributed by atoms with Gasteiger partial charge < -0.3 is 39.5 Å². The van der Waals surface area contributed by atoms with Crippen molar-refractivity contribution in [2.75, 3.05) is 49.9 Å². The largest absolute Gasteiger partial charge is 0.478 e. The highest BCUT2D eigenvalue weighted by Gasteiger charge is 2.52. The number of hydrogen-bond donors (Lipinski definition) is 1. The monoisotopic (exact) mass is 665 g/mol. The van der Waals surface area contributed by atoms with Crippen LogP contribution in [0.15, 0.2) is 48.5 Å². The SMILES string of the molecule is COC1CC2(C1)CN(c1ccc(C(=O)N3COc4c(cccc4-c4cc(N5C6CCC5COC6)c(C(=O)O)cc4F)C3)c(Cl)c1)C2.O. The lowest BCUT2D eigenvalue weighted by Gasteiger charge is -2.59. The molecule has 5 aliphatic rings. The second-order valence-corrected chi connectivity index (χ2v) is 13.7. The minimum atomic E-state index is -1.18. The standard InChI is InChI=1S/C35H35ClFN3O6.H2O/c1-44-24-12-35(13-24)17-39(18-35)21-7-8-26(29(36)9-21)33(41)38-14-20-3-2-4-25(32(20)46-19-38)27-11-31(28(34(42)43)10-30(27)37)40-22-5-6-23(40)16-45-15-22;/h2-4,7-11,22-24H,5-6,12-19H2,1H3,(H,42,43);1H2. The second-order valence-electron chi connectivity index (χ2n) is 13.3. The van der Waals surface area contributed by atoms with Crippen LogP contribution in [0.4, 0.5) is 15.8 Å². The van der Waals surface area contributed by atoms with Gasteiger partial charge in [-0.2, -0.15) is 0 Å². The van der Waals surface area contributed by atoms with E-state index in [0.29, 0.717) is 52.3 Å². The van der Waals surface area contributed by atoms with E-state index in [0.717, 1.165) is 56.1 Å². The average Bonchev–Trinajstić information content (AvgIpc) is 3.25. The van der Waals surface area contributed by atoms with Crippen molar-refractivity contribution in [3.63, 3.8) is 0 Å². The molecule has 2 atom stereocenters. The number of carbonyl (C=O) groups is 2. The van der Waals surface area contributed by atoms with Gasteiger partial charge in [0.25, 0.3) is 5.91 Å². The molecular weight excluding hydrogens is 629 g/mol. The van der Waals surface area contributed by atoms with Gasteiger partial charge in [-0.1, -0.05) is 29.8 Å². The summed E-state index contributed by atoms with van der Waals surface area (Å²) < 4.78 is 33.0. The molecule has 4 aliphatic heterocycles. The molecule has 0 radical (unpaired) electrons. The third kappa shape index (κ3) is 5.29. The van der Waals surface area contributed by atoms with Gasteiger partial charge in [0.2, 0.25) is 0 Å². The fourth-order valence-electron chi connectivity index (χ4n) is 8.11. The Hall–Kier alpha value is -3.90. The lowest BCUT2D eigenvalue weighted by molar-refractivity contribution is -0.0731. The van der Waals surface area contributed by atoms with E-state index in [1.54, 1.807) is 36.3 Å². The van der Waals surface area contributed by atoms with Gasteiger partial charge in [-0.25, -0.2) is 9.18 Å². The summed E-state index contributed by atoms with van der Waals surface area (Å²) in [6, 6.07) is 13.8. The molecule has 248 valence electrons. The first-order valence-corrected chi connectivity index (χ1v) is 16.2. The topological polar surface area (TPSA) is 123 Å². The molecule has 10 nitrogen and oxygen atoms in total. The Morgan fingerprint density at radius 2 is 1.77 bits per heavy atom. The van der Waals surface area contributed by atoms with Crippen molar-refractivity contribution in [1.82, 2.24) is 4.90 Å². The predicted octanol–water partition coefficient (Wildman–Crippen LogP) is 4.99. The number of aromatic carboxylic acids is 1. The number of nitrogens with zero attached hydrogens (tertiary/aromatic N) is 3. The van der Waals surface area contributed by atoms with Crippen LogP contribution >= 0.6 is 11.6 Å². The summed E-state index contributed by atoms with van der Waals surface area (Å²) in [6.45, 7) is 3.17. The smallest absolute Gasteiger partial charge is 0.337 e. The average molecular weight is 666 g/mol. The molecule has 8 rings (SSSR count). The molecule has 1 spiro atoms. The number of carboxylic acid groups (broad SMARTS) is 1. The molecule has 3 aromatic carbocycles. The van der Waals surface area contributed by atoms with E-state index in [4.69, 9.17) is 25.8 Å². The first-order valence-electron chi connectivity index (χ1n) is 15.8. The van der Waals surface area contributed by atoms with Gasteiger partial charge in [0, 0.05) is 48.0 Å². The van der Waals surface area contributed by atoms with Crippen LogP contribution < -0.4 is 14.5 Å². The van der Waals surface area contributed by atoms with Gasteiger partial charge in [-0.15, -0.1) is 0 Å². The van der Waals surface area contributed by atoms with Gasteiger partial charge >= 0.3 is 5.97 Å². The number of para-hydroxylation sites is 1.